The molecule has 3 aromatic rings. The molecule has 4 rings (SSSR count). The number of pyridine rings is 1. The highest BCUT2D eigenvalue weighted by Gasteiger charge is 2.51. The molecule has 0 saturated carbocycles. The third-order valence-electron chi connectivity index (χ3n) is 4.52. The van der Waals surface area contributed by atoms with E-state index in [1.54, 1.807) is 18.3 Å². The Morgan fingerprint density at radius 1 is 1.00 bits per heavy atom. The number of hydrogen-bond acceptors (Lipinski definition) is 3. The van der Waals surface area contributed by atoms with Crippen molar-refractivity contribution in [2.24, 2.45) is 0 Å². The summed E-state index contributed by atoms with van der Waals surface area (Å²) >= 11 is 0. The Morgan fingerprint density at radius 2 is 1.75 bits per heavy atom. The van der Waals surface area contributed by atoms with E-state index in [1.807, 2.05) is 42.5 Å². The van der Waals surface area contributed by atoms with Crippen LogP contribution in [0.2, 0.25) is 0 Å². The van der Waals surface area contributed by atoms with Crippen molar-refractivity contribution in [1.82, 2.24) is 4.98 Å². The predicted molar refractivity (Wildman–Crippen MR) is 89.8 cm³/mol. The van der Waals surface area contributed by atoms with Crippen molar-refractivity contribution in [3.63, 3.8) is 0 Å². The molecule has 2 aromatic carbocycles. The number of nitrogens with one attached hydrogen (secondary N) is 1. The maximum Gasteiger partial charge on any atom is 0.150 e. The molecule has 0 bridgehead atoms. The number of anilines is 1. The van der Waals surface area contributed by atoms with Crippen LogP contribution >= 0.6 is 0 Å². The molecule has 0 fully saturated rings. The molecular weight excluding hydrogens is 301 g/mol. The molecule has 0 radical (unpaired) electrons. The number of halogens is 1. The third kappa shape index (κ3) is 1.99. The lowest BCUT2D eigenvalue weighted by atomic mass is 9.72. The van der Waals surface area contributed by atoms with Gasteiger partial charge in [-0.2, -0.15) is 5.26 Å². The second kappa shape index (κ2) is 5.47. The van der Waals surface area contributed by atoms with Crippen LogP contribution in [0.15, 0.2) is 72.9 Å². The maximum absolute atomic E-state index is 13.3. The first-order chi connectivity index (χ1) is 11.8. The number of benzene rings is 2. The Kier molecular flexibility index (Phi) is 3.28. The summed E-state index contributed by atoms with van der Waals surface area (Å²) in [7, 11) is 0. The summed E-state index contributed by atoms with van der Waals surface area (Å²) in [5.41, 5.74) is 2.28. The van der Waals surface area contributed by atoms with Crippen molar-refractivity contribution in [3.05, 3.63) is 95.6 Å². The van der Waals surface area contributed by atoms with Crippen LogP contribution in [-0.2, 0) is 5.41 Å². The van der Waals surface area contributed by atoms with Gasteiger partial charge in [0.15, 0.2) is 5.41 Å². The zero-order chi connectivity index (χ0) is 16.6. The van der Waals surface area contributed by atoms with Crippen molar-refractivity contribution in [3.8, 4) is 6.07 Å². The average Bonchev–Trinajstić information content (AvgIpc) is 2.98. The summed E-state index contributed by atoms with van der Waals surface area (Å²) in [5, 5.41) is 13.6. The highest BCUT2D eigenvalue weighted by molar-refractivity contribution is 5.68. The number of fused-ring (bicyclic) bond motifs is 1. The van der Waals surface area contributed by atoms with Crippen LogP contribution in [0, 0.1) is 17.1 Å². The first kappa shape index (κ1) is 14.4. The number of aromatic nitrogens is 1. The van der Waals surface area contributed by atoms with Gasteiger partial charge in [0.25, 0.3) is 0 Å². The molecular formula is C20H14FN3. The summed E-state index contributed by atoms with van der Waals surface area (Å²) < 4.78 is 13.3. The van der Waals surface area contributed by atoms with E-state index in [0.717, 1.165) is 16.8 Å². The van der Waals surface area contributed by atoms with E-state index >= 15 is 0 Å². The van der Waals surface area contributed by atoms with E-state index in [0.29, 0.717) is 5.69 Å². The molecule has 1 aromatic heterocycles. The molecule has 4 heteroatoms. The first-order valence-electron chi connectivity index (χ1n) is 7.70. The van der Waals surface area contributed by atoms with Crippen LogP contribution in [0.4, 0.5) is 10.1 Å². The smallest absolute Gasteiger partial charge is 0.150 e. The van der Waals surface area contributed by atoms with Gasteiger partial charge in [0.05, 0.1) is 23.5 Å². The lowest BCUT2D eigenvalue weighted by Gasteiger charge is -2.29. The number of nitriles is 1. The van der Waals surface area contributed by atoms with Gasteiger partial charge >= 0.3 is 0 Å². The molecule has 1 aliphatic rings. The molecule has 0 saturated heterocycles. The normalized spacial score (nSPS) is 21.6. The summed E-state index contributed by atoms with van der Waals surface area (Å²) in [5.74, 6) is -0.297. The van der Waals surface area contributed by atoms with Gasteiger partial charge in [0, 0.05) is 6.20 Å². The Hall–Kier alpha value is -3.19. The second-order valence-electron chi connectivity index (χ2n) is 5.81. The quantitative estimate of drug-likeness (QED) is 0.771. The summed E-state index contributed by atoms with van der Waals surface area (Å²) in [6.07, 6.45) is 1.70. The van der Waals surface area contributed by atoms with Gasteiger partial charge in [-0.05, 0) is 35.4 Å². The summed E-state index contributed by atoms with van der Waals surface area (Å²) in [6, 6.07) is 21.8. The van der Waals surface area contributed by atoms with Gasteiger partial charge < -0.3 is 5.32 Å². The highest BCUT2D eigenvalue weighted by atomic mass is 19.1. The van der Waals surface area contributed by atoms with E-state index in [4.69, 9.17) is 0 Å². The zero-order valence-corrected chi connectivity index (χ0v) is 12.8. The van der Waals surface area contributed by atoms with Crippen LogP contribution in [-0.4, -0.2) is 4.98 Å². The third-order valence-corrected chi connectivity index (χ3v) is 4.52. The van der Waals surface area contributed by atoms with Crippen LogP contribution in [0.1, 0.15) is 22.9 Å². The van der Waals surface area contributed by atoms with Gasteiger partial charge in [-0.15, -0.1) is 0 Å². The molecule has 3 nitrogen and oxygen atoms in total. The van der Waals surface area contributed by atoms with Gasteiger partial charge in [-0.3, -0.25) is 4.98 Å². The minimum atomic E-state index is -0.963. The highest BCUT2D eigenvalue weighted by Crippen LogP contribution is 2.51. The SMILES string of the molecule is N#C[C@]1(c2ccccc2)c2ncccc2N[C@@H]1c1ccc(F)cc1. The molecule has 24 heavy (non-hydrogen) atoms. The fraction of sp³-hybridized carbons (Fsp3) is 0.100. The fourth-order valence-corrected chi connectivity index (χ4v) is 3.41. The molecule has 2 heterocycles. The topological polar surface area (TPSA) is 48.7 Å². The van der Waals surface area contributed by atoms with Gasteiger partial charge in [0.2, 0.25) is 0 Å². The average molecular weight is 315 g/mol. The minimum absolute atomic E-state index is 0.297. The van der Waals surface area contributed by atoms with Crippen molar-refractivity contribution < 1.29 is 4.39 Å². The lowest BCUT2D eigenvalue weighted by Crippen LogP contribution is -2.32. The number of rotatable bonds is 2. The van der Waals surface area contributed by atoms with E-state index in [9.17, 15) is 9.65 Å². The number of hydrogen-bond donors (Lipinski definition) is 1. The standard InChI is InChI=1S/C20H14FN3/c21-16-10-8-14(9-11-16)18-20(13-22,15-5-2-1-3-6-15)19-17(24-18)7-4-12-23-19/h1-12,18,24H/t18-,20-/m1/s1. The van der Waals surface area contributed by atoms with Crippen LogP contribution in [0.3, 0.4) is 0 Å². The Labute approximate surface area is 139 Å². The maximum atomic E-state index is 13.3. The van der Waals surface area contributed by atoms with Gasteiger partial charge in [0.1, 0.15) is 5.82 Å². The van der Waals surface area contributed by atoms with Gasteiger partial charge in [-0.25, -0.2) is 4.39 Å². The summed E-state index contributed by atoms with van der Waals surface area (Å²) in [4.78, 5) is 4.49. The molecule has 0 spiro atoms. The fourth-order valence-electron chi connectivity index (χ4n) is 3.41. The first-order valence-corrected chi connectivity index (χ1v) is 7.70. The van der Waals surface area contributed by atoms with E-state index in [-0.39, 0.29) is 11.9 Å². The van der Waals surface area contributed by atoms with Crippen LogP contribution < -0.4 is 5.32 Å². The minimum Gasteiger partial charge on any atom is -0.374 e. The van der Waals surface area contributed by atoms with Crippen LogP contribution in [0.25, 0.3) is 0 Å². The largest absolute Gasteiger partial charge is 0.374 e. The predicted octanol–water partition coefficient (Wildman–Crippen LogP) is 4.20. The molecule has 0 amide bonds. The lowest BCUT2D eigenvalue weighted by molar-refractivity contribution is 0.571. The molecule has 116 valence electrons. The Morgan fingerprint density at radius 3 is 2.46 bits per heavy atom. The molecule has 0 unspecified atom stereocenters. The van der Waals surface area contributed by atoms with Crippen molar-refractivity contribution in [2.45, 2.75) is 11.5 Å². The van der Waals surface area contributed by atoms with Gasteiger partial charge in [-0.1, -0.05) is 42.5 Å². The molecule has 2 atom stereocenters. The molecule has 0 aliphatic carbocycles. The molecule has 1 aliphatic heterocycles. The van der Waals surface area contributed by atoms with E-state index in [2.05, 4.69) is 16.4 Å². The van der Waals surface area contributed by atoms with Crippen molar-refractivity contribution in [2.75, 3.05) is 5.32 Å². The molecule has 1 N–H and O–H groups in total. The van der Waals surface area contributed by atoms with Crippen molar-refractivity contribution >= 4 is 5.69 Å². The van der Waals surface area contributed by atoms with E-state index < -0.39 is 5.41 Å². The van der Waals surface area contributed by atoms with Crippen molar-refractivity contribution in [1.29, 1.82) is 5.26 Å². The number of nitrogens with zero attached hydrogens (tertiary/aromatic N) is 2. The second-order valence-corrected chi connectivity index (χ2v) is 5.81. The van der Waals surface area contributed by atoms with E-state index in [1.165, 1.54) is 12.1 Å². The van der Waals surface area contributed by atoms with Crippen LogP contribution in [0.5, 0.6) is 0 Å². The Bertz CT molecular complexity index is 916. The monoisotopic (exact) mass is 315 g/mol. The Balaban J connectivity index is 1.97. The zero-order valence-electron chi connectivity index (χ0n) is 12.8. The summed E-state index contributed by atoms with van der Waals surface area (Å²) in [6.45, 7) is 0.